The van der Waals surface area contributed by atoms with Crippen LogP contribution in [-0.2, 0) is 6.54 Å². The number of aromatic carboxylic acids is 1. The van der Waals surface area contributed by atoms with Gasteiger partial charge in [0.05, 0.1) is 16.6 Å². The number of nitrogens with zero attached hydrogens (tertiary/aromatic N) is 3. The number of carboxylic acid groups (broad SMARTS) is 1. The van der Waals surface area contributed by atoms with Crippen molar-refractivity contribution in [2.45, 2.75) is 26.3 Å². The number of rotatable bonds is 4. The first-order chi connectivity index (χ1) is 9.65. The number of benzene rings is 1. The minimum atomic E-state index is -0.892. The summed E-state index contributed by atoms with van der Waals surface area (Å²) in [7, 11) is 0. The third kappa shape index (κ3) is 2.41. The molecule has 0 amide bonds. The van der Waals surface area contributed by atoms with Gasteiger partial charge in [-0.3, -0.25) is 0 Å². The summed E-state index contributed by atoms with van der Waals surface area (Å²) in [5, 5.41) is 9.11. The smallest absolute Gasteiger partial charge is 0.335 e. The lowest BCUT2D eigenvalue weighted by Crippen LogP contribution is -2.24. The number of hydrogen-bond donors (Lipinski definition) is 1. The van der Waals surface area contributed by atoms with Crippen molar-refractivity contribution in [3.63, 3.8) is 0 Å². The maximum absolute atomic E-state index is 11.1. The number of carboxylic acids is 1. The fourth-order valence-corrected chi connectivity index (χ4v) is 2.91. The van der Waals surface area contributed by atoms with Gasteiger partial charge in [0.2, 0.25) is 0 Å². The number of carbonyl (C=O) groups is 1. The van der Waals surface area contributed by atoms with Crippen molar-refractivity contribution < 1.29 is 9.90 Å². The molecule has 1 N–H and O–H groups in total. The Kier molecular flexibility index (Phi) is 3.44. The average Bonchev–Trinajstić information content (AvgIpc) is 3.02. The summed E-state index contributed by atoms with van der Waals surface area (Å²) in [6.07, 6.45) is 2.57. The molecule has 2 heterocycles. The maximum atomic E-state index is 11.1. The molecule has 0 bridgehead atoms. The van der Waals surface area contributed by atoms with Crippen molar-refractivity contribution in [3.8, 4) is 0 Å². The molecule has 1 aromatic carbocycles. The van der Waals surface area contributed by atoms with Crippen LogP contribution in [0.1, 0.15) is 29.0 Å². The molecule has 1 aliphatic rings. The highest BCUT2D eigenvalue weighted by molar-refractivity contribution is 5.92. The predicted molar refractivity (Wildman–Crippen MR) is 77.1 cm³/mol. The van der Waals surface area contributed by atoms with Crippen LogP contribution >= 0.6 is 0 Å². The summed E-state index contributed by atoms with van der Waals surface area (Å²) in [4.78, 5) is 18.1. The van der Waals surface area contributed by atoms with Gasteiger partial charge in [0.1, 0.15) is 5.82 Å². The van der Waals surface area contributed by atoms with Crippen molar-refractivity contribution in [2.75, 3.05) is 19.6 Å². The van der Waals surface area contributed by atoms with Gasteiger partial charge in [0, 0.05) is 13.1 Å². The number of fused-ring (bicyclic) bond motifs is 1. The molecule has 1 aromatic heterocycles. The summed E-state index contributed by atoms with van der Waals surface area (Å²) in [6.45, 7) is 6.19. The topological polar surface area (TPSA) is 58.4 Å². The van der Waals surface area contributed by atoms with Crippen molar-refractivity contribution in [2.24, 2.45) is 0 Å². The zero-order chi connectivity index (χ0) is 14.1. The van der Waals surface area contributed by atoms with Gasteiger partial charge in [0.25, 0.3) is 0 Å². The highest BCUT2D eigenvalue weighted by atomic mass is 16.4. The second kappa shape index (κ2) is 5.25. The Hall–Kier alpha value is -1.88. The van der Waals surface area contributed by atoms with Gasteiger partial charge in [-0.2, -0.15) is 0 Å². The Bertz CT molecular complexity index is 642. The number of hydrogen-bond acceptors (Lipinski definition) is 3. The molecule has 0 unspecified atom stereocenters. The molecule has 0 spiro atoms. The van der Waals surface area contributed by atoms with Gasteiger partial charge in [-0.15, -0.1) is 0 Å². The Morgan fingerprint density at radius 2 is 2.05 bits per heavy atom. The van der Waals surface area contributed by atoms with E-state index in [4.69, 9.17) is 5.11 Å². The molecule has 0 saturated carbocycles. The number of aryl methyl sites for hydroxylation is 1. The third-order valence-corrected chi connectivity index (χ3v) is 4.02. The summed E-state index contributed by atoms with van der Waals surface area (Å²) in [5.41, 5.74) is 2.11. The van der Waals surface area contributed by atoms with E-state index in [-0.39, 0.29) is 0 Å². The summed E-state index contributed by atoms with van der Waals surface area (Å²) in [5.74, 6) is 0.0542. The van der Waals surface area contributed by atoms with E-state index in [0.717, 1.165) is 29.9 Å². The molecule has 20 heavy (non-hydrogen) atoms. The van der Waals surface area contributed by atoms with E-state index < -0.39 is 5.97 Å². The lowest BCUT2D eigenvalue weighted by molar-refractivity contribution is 0.0697. The van der Waals surface area contributed by atoms with Crippen LogP contribution in [0.25, 0.3) is 11.0 Å². The van der Waals surface area contributed by atoms with Crippen LogP contribution in [0.5, 0.6) is 0 Å². The molecule has 2 aromatic rings. The molecule has 5 heteroatoms. The predicted octanol–water partition coefficient (Wildman–Crippen LogP) is 2.14. The lowest BCUT2D eigenvalue weighted by Gasteiger charge is -2.16. The van der Waals surface area contributed by atoms with Gasteiger partial charge in [0.15, 0.2) is 0 Å². The van der Waals surface area contributed by atoms with E-state index in [1.807, 2.05) is 6.92 Å². The standard InChI is InChI=1S/C15H19N3O2/c1-11-16-13-5-4-12(15(19)20)10-14(13)18(11)9-8-17-6-2-3-7-17/h4-5,10H,2-3,6-9H2,1H3,(H,19,20). The van der Waals surface area contributed by atoms with E-state index in [9.17, 15) is 4.79 Å². The number of imidazole rings is 1. The monoisotopic (exact) mass is 273 g/mol. The molecule has 0 atom stereocenters. The minimum absolute atomic E-state index is 0.319. The Balaban J connectivity index is 1.89. The Labute approximate surface area is 117 Å². The third-order valence-electron chi connectivity index (χ3n) is 4.02. The molecule has 1 aliphatic heterocycles. The Morgan fingerprint density at radius 3 is 2.75 bits per heavy atom. The molecule has 1 saturated heterocycles. The summed E-state index contributed by atoms with van der Waals surface area (Å²) >= 11 is 0. The van der Waals surface area contributed by atoms with Crippen molar-refractivity contribution >= 4 is 17.0 Å². The van der Waals surface area contributed by atoms with Gasteiger partial charge >= 0.3 is 5.97 Å². The van der Waals surface area contributed by atoms with E-state index >= 15 is 0 Å². The van der Waals surface area contributed by atoms with Gasteiger partial charge < -0.3 is 14.6 Å². The van der Waals surface area contributed by atoms with Crippen LogP contribution in [0.2, 0.25) is 0 Å². The van der Waals surface area contributed by atoms with E-state index in [1.54, 1.807) is 18.2 Å². The highest BCUT2D eigenvalue weighted by Crippen LogP contribution is 2.18. The minimum Gasteiger partial charge on any atom is -0.478 e. The fourth-order valence-electron chi connectivity index (χ4n) is 2.91. The van der Waals surface area contributed by atoms with Crippen LogP contribution in [0.3, 0.4) is 0 Å². The van der Waals surface area contributed by atoms with Crippen LogP contribution in [-0.4, -0.2) is 45.2 Å². The van der Waals surface area contributed by atoms with E-state index in [1.165, 1.54) is 25.9 Å². The second-order valence-corrected chi connectivity index (χ2v) is 5.37. The molecule has 5 nitrogen and oxygen atoms in total. The highest BCUT2D eigenvalue weighted by Gasteiger charge is 2.14. The lowest BCUT2D eigenvalue weighted by atomic mass is 10.2. The average molecular weight is 273 g/mol. The Morgan fingerprint density at radius 1 is 1.30 bits per heavy atom. The first kappa shape index (κ1) is 13.1. The first-order valence-corrected chi connectivity index (χ1v) is 7.08. The molecule has 1 fully saturated rings. The maximum Gasteiger partial charge on any atom is 0.335 e. The molecule has 3 rings (SSSR count). The largest absolute Gasteiger partial charge is 0.478 e. The van der Waals surface area contributed by atoms with Gasteiger partial charge in [-0.1, -0.05) is 0 Å². The van der Waals surface area contributed by atoms with Crippen LogP contribution in [0, 0.1) is 6.92 Å². The van der Waals surface area contributed by atoms with E-state index in [0.29, 0.717) is 5.56 Å². The van der Waals surface area contributed by atoms with Crippen LogP contribution in [0.4, 0.5) is 0 Å². The molecule has 106 valence electrons. The van der Waals surface area contributed by atoms with Gasteiger partial charge in [-0.25, -0.2) is 9.78 Å². The SMILES string of the molecule is Cc1nc2ccc(C(=O)O)cc2n1CCN1CCCC1. The number of aromatic nitrogens is 2. The first-order valence-electron chi connectivity index (χ1n) is 7.08. The summed E-state index contributed by atoms with van der Waals surface area (Å²) in [6, 6.07) is 5.13. The van der Waals surface area contributed by atoms with E-state index in [2.05, 4.69) is 14.5 Å². The quantitative estimate of drug-likeness (QED) is 0.927. The normalized spacial score (nSPS) is 16.1. The molecule has 0 aliphatic carbocycles. The zero-order valence-electron chi connectivity index (χ0n) is 11.7. The van der Waals surface area contributed by atoms with Crippen molar-refractivity contribution in [3.05, 3.63) is 29.6 Å². The molecular formula is C15H19N3O2. The molecule has 0 radical (unpaired) electrons. The zero-order valence-corrected chi connectivity index (χ0v) is 11.7. The fraction of sp³-hybridized carbons (Fsp3) is 0.467. The number of likely N-dealkylation sites (tertiary alicyclic amines) is 1. The van der Waals surface area contributed by atoms with Crippen LogP contribution < -0.4 is 0 Å². The second-order valence-electron chi connectivity index (χ2n) is 5.37. The van der Waals surface area contributed by atoms with Crippen molar-refractivity contribution in [1.29, 1.82) is 0 Å². The molecular weight excluding hydrogens is 254 g/mol. The van der Waals surface area contributed by atoms with Crippen LogP contribution in [0.15, 0.2) is 18.2 Å². The van der Waals surface area contributed by atoms with Crippen molar-refractivity contribution in [1.82, 2.24) is 14.5 Å². The summed E-state index contributed by atoms with van der Waals surface area (Å²) < 4.78 is 2.13. The van der Waals surface area contributed by atoms with Gasteiger partial charge in [-0.05, 0) is 51.1 Å².